The lowest BCUT2D eigenvalue weighted by Crippen LogP contribution is -2.42. The van der Waals surface area contributed by atoms with Crippen LogP contribution in [0.25, 0.3) is 6.08 Å². The number of anilines is 1. The number of fused-ring (bicyclic) bond motifs is 1. The summed E-state index contributed by atoms with van der Waals surface area (Å²) in [5.74, 6) is 0. The van der Waals surface area contributed by atoms with Crippen molar-refractivity contribution in [2.24, 2.45) is 4.99 Å². The summed E-state index contributed by atoms with van der Waals surface area (Å²) in [6, 6.07) is 17.9. The van der Waals surface area contributed by atoms with E-state index < -0.39 is 0 Å². The molecule has 1 aromatic heterocycles. The van der Waals surface area contributed by atoms with E-state index in [0.717, 1.165) is 25.1 Å². The van der Waals surface area contributed by atoms with Crippen molar-refractivity contribution in [1.29, 1.82) is 0 Å². The van der Waals surface area contributed by atoms with Gasteiger partial charge in [-0.3, -0.25) is 9.36 Å². The van der Waals surface area contributed by atoms with E-state index in [2.05, 4.69) is 25.8 Å². The molecule has 0 bridgehead atoms. The summed E-state index contributed by atoms with van der Waals surface area (Å²) in [5, 5.41) is 0. The maximum atomic E-state index is 12.7. The molecule has 0 aliphatic carbocycles. The molecule has 6 heteroatoms. The number of halogens is 1. The van der Waals surface area contributed by atoms with Gasteiger partial charge in [0.05, 0.1) is 4.53 Å². The summed E-state index contributed by atoms with van der Waals surface area (Å²) in [6.45, 7) is 1.09. The van der Waals surface area contributed by atoms with Crippen molar-refractivity contribution in [2.45, 2.75) is 6.67 Å². The Morgan fingerprint density at radius 2 is 1.83 bits per heavy atom. The molecule has 0 saturated carbocycles. The van der Waals surface area contributed by atoms with Crippen LogP contribution in [0.15, 0.2) is 68.9 Å². The van der Waals surface area contributed by atoms with Crippen molar-refractivity contribution in [3.63, 3.8) is 0 Å². The predicted octanol–water partition coefficient (Wildman–Crippen LogP) is 2.56. The monoisotopic (exact) mass is 399 g/mol. The van der Waals surface area contributed by atoms with E-state index in [1.807, 2.05) is 60.7 Å². The molecule has 2 aromatic carbocycles. The summed E-state index contributed by atoms with van der Waals surface area (Å²) in [5.41, 5.74) is 2.10. The van der Waals surface area contributed by atoms with Gasteiger partial charge in [-0.1, -0.05) is 57.6 Å². The van der Waals surface area contributed by atoms with Gasteiger partial charge in [-0.15, -0.1) is 0 Å². The van der Waals surface area contributed by atoms with Crippen LogP contribution in [0.3, 0.4) is 0 Å². The van der Waals surface area contributed by atoms with Gasteiger partial charge in [-0.2, -0.15) is 0 Å². The second-order valence-electron chi connectivity index (χ2n) is 5.49. The van der Waals surface area contributed by atoms with E-state index in [1.54, 1.807) is 4.57 Å². The summed E-state index contributed by atoms with van der Waals surface area (Å²) in [6.07, 6.45) is 1.93. The first-order valence-electron chi connectivity index (χ1n) is 7.52. The van der Waals surface area contributed by atoms with Crippen molar-refractivity contribution in [2.75, 3.05) is 11.6 Å². The number of rotatable bonds is 2. The van der Waals surface area contributed by atoms with Crippen molar-refractivity contribution < 1.29 is 0 Å². The third-order valence-electron chi connectivity index (χ3n) is 3.87. The Morgan fingerprint density at radius 3 is 2.58 bits per heavy atom. The standard InChI is InChI=1S/C18H14BrN3OS/c19-14-6-8-15(9-7-14)21-11-20-18-22(12-21)17(23)16(24-18)10-13-4-2-1-3-5-13/h1-10H,11-12H2/b16-10-. The maximum Gasteiger partial charge on any atom is 0.271 e. The van der Waals surface area contributed by atoms with E-state index in [4.69, 9.17) is 0 Å². The topological polar surface area (TPSA) is 37.6 Å². The van der Waals surface area contributed by atoms with E-state index >= 15 is 0 Å². The maximum absolute atomic E-state index is 12.7. The Kier molecular flexibility index (Phi) is 4.08. The molecule has 0 N–H and O–H groups in total. The van der Waals surface area contributed by atoms with Gasteiger partial charge in [-0.25, -0.2) is 4.99 Å². The first-order valence-corrected chi connectivity index (χ1v) is 9.13. The zero-order chi connectivity index (χ0) is 16.5. The van der Waals surface area contributed by atoms with Crippen LogP contribution in [-0.2, 0) is 6.67 Å². The lowest BCUT2D eigenvalue weighted by atomic mass is 10.2. The highest BCUT2D eigenvalue weighted by Gasteiger charge is 2.15. The quantitative estimate of drug-likeness (QED) is 0.663. The number of aromatic nitrogens is 1. The van der Waals surface area contributed by atoms with E-state index in [1.165, 1.54) is 11.3 Å². The normalized spacial score (nSPS) is 14.4. The molecule has 4 nitrogen and oxygen atoms in total. The Morgan fingerprint density at radius 1 is 1.08 bits per heavy atom. The summed E-state index contributed by atoms with van der Waals surface area (Å²) in [4.78, 5) is 20.1. The van der Waals surface area contributed by atoms with Gasteiger partial charge < -0.3 is 4.90 Å². The zero-order valence-corrected chi connectivity index (χ0v) is 15.1. The molecule has 0 amide bonds. The Bertz CT molecular complexity index is 1040. The van der Waals surface area contributed by atoms with Gasteiger partial charge in [0, 0.05) is 10.2 Å². The molecule has 1 aliphatic heterocycles. The Hall–Kier alpha value is -2.18. The molecule has 0 saturated heterocycles. The third-order valence-corrected chi connectivity index (χ3v) is 5.44. The highest BCUT2D eigenvalue weighted by Crippen LogP contribution is 2.19. The van der Waals surface area contributed by atoms with Crippen LogP contribution in [0, 0.1) is 0 Å². The molecular weight excluding hydrogens is 386 g/mol. The van der Waals surface area contributed by atoms with Crippen LogP contribution in [0.2, 0.25) is 0 Å². The highest BCUT2D eigenvalue weighted by molar-refractivity contribution is 9.10. The number of nitrogens with zero attached hydrogens (tertiary/aromatic N) is 3. The van der Waals surface area contributed by atoms with Crippen LogP contribution in [-0.4, -0.2) is 11.2 Å². The van der Waals surface area contributed by atoms with E-state index in [0.29, 0.717) is 13.3 Å². The van der Waals surface area contributed by atoms with Crippen molar-refractivity contribution >= 4 is 39.0 Å². The molecular formula is C18H14BrN3OS. The van der Waals surface area contributed by atoms with E-state index in [-0.39, 0.29) is 5.56 Å². The molecule has 3 aromatic rings. The first kappa shape index (κ1) is 15.4. The van der Waals surface area contributed by atoms with Gasteiger partial charge in [0.15, 0.2) is 4.80 Å². The van der Waals surface area contributed by atoms with Crippen LogP contribution in [0.5, 0.6) is 0 Å². The average molecular weight is 400 g/mol. The fraction of sp³-hybridized carbons (Fsp3) is 0.111. The predicted molar refractivity (Wildman–Crippen MR) is 101 cm³/mol. The molecule has 1 aliphatic rings. The Balaban J connectivity index is 1.71. The molecule has 24 heavy (non-hydrogen) atoms. The molecule has 0 spiro atoms. The SMILES string of the molecule is O=c1/c(=C/c2ccccc2)sc2n1CN(c1ccc(Br)cc1)CN=2. The molecule has 4 rings (SSSR count). The van der Waals surface area contributed by atoms with Gasteiger partial charge in [0.2, 0.25) is 0 Å². The van der Waals surface area contributed by atoms with Gasteiger partial charge in [-0.05, 0) is 35.9 Å². The Labute approximate surface area is 151 Å². The second kappa shape index (κ2) is 6.37. The summed E-state index contributed by atoms with van der Waals surface area (Å²) < 4.78 is 3.50. The fourth-order valence-corrected chi connectivity index (χ4v) is 3.85. The minimum Gasteiger partial charge on any atom is -0.334 e. The first-order chi connectivity index (χ1) is 11.7. The smallest absolute Gasteiger partial charge is 0.271 e. The third kappa shape index (κ3) is 2.95. The number of hydrogen-bond acceptors (Lipinski definition) is 4. The van der Waals surface area contributed by atoms with Crippen molar-refractivity contribution in [1.82, 2.24) is 4.57 Å². The van der Waals surface area contributed by atoms with Gasteiger partial charge >= 0.3 is 0 Å². The zero-order valence-electron chi connectivity index (χ0n) is 12.7. The van der Waals surface area contributed by atoms with Crippen LogP contribution in [0.1, 0.15) is 5.56 Å². The van der Waals surface area contributed by atoms with Gasteiger partial charge in [0.25, 0.3) is 5.56 Å². The lowest BCUT2D eigenvalue weighted by molar-refractivity contribution is 0.569. The second-order valence-corrected chi connectivity index (χ2v) is 7.42. The van der Waals surface area contributed by atoms with Crippen molar-refractivity contribution in [3.8, 4) is 0 Å². The minimum absolute atomic E-state index is 0.0180. The van der Waals surface area contributed by atoms with Crippen LogP contribution >= 0.6 is 27.3 Å². The highest BCUT2D eigenvalue weighted by atomic mass is 79.9. The average Bonchev–Trinajstić information content (AvgIpc) is 2.92. The molecule has 0 radical (unpaired) electrons. The van der Waals surface area contributed by atoms with Gasteiger partial charge in [0.1, 0.15) is 13.3 Å². The van der Waals surface area contributed by atoms with Crippen LogP contribution < -0.4 is 19.8 Å². The minimum atomic E-state index is 0.0180. The van der Waals surface area contributed by atoms with Crippen LogP contribution in [0.4, 0.5) is 5.69 Å². The summed E-state index contributed by atoms with van der Waals surface area (Å²) >= 11 is 4.89. The molecule has 0 atom stereocenters. The number of hydrogen-bond donors (Lipinski definition) is 0. The molecule has 0 fully saturated rings. The number of thiazole rings is 1. The molecule has 0 unspecified atom stereocenters. The fourth-order valence-electron chi connectivity index (χ4n) is 2.63. The number of benzene rings is 2. The largest absolute Gasteiger partial charge is 0.334 e. The lowest BCUT2D eigenvalue weighted by Gasteiger charge is -2.25. The molecule has 2 heterocycles. The van der Waals surface area contributed by atoms with Crippen molar-refractivity contribution in [3.05, 3.63) is 84.3 Å². The summed E-state index contributed by atoms with van der Waals surface area (Å²) in [7, 11) is 0. The molecule has 120 valence electrons. The van der Waals surface area contributed by atoms with E-state index in [9.17, 15) is 4.79 Å².